The van der Waals surface area contributed by atoms with Crippen molar-refractivity contribution in [3.8, 4) is 17.2 Å². The minimum Gasteiger partial charge on any atom is -0.497 e. The van der Waals surface area contributed by atoms with Gasteiger partial charge in [0.1, 0.15) is 17.2 Å². The van der Waals surface area contributed by atoms with Crippen LogP contribution in [-0.2, 0) is 0 Å². The molecule has 0 fully saturated rings. The SMILES string of the molecule is COc1cc(N)cc(Oc2cccc(N(C)C)c2)c1. The van der Waals surface area contributed by atoms with E-state index in [1.165, 1.54) is 0 Å². The Balaban J connectivity index is 2.25. The summed E-state index contributed by atoms with van der Waals surface area (Å²) in [5.74, 6) is 2.10. The van der Waals surface area contributed by atoms with Crippen LogP contribution >= 0.6 is 0 Å². The second kappa shape index (κ2) is 5.52. The number of hydrogen-bond donors (Lipinski definition) is 1. The van der Waals surface area contributed by atoms with Crippen molar-refractivity contribution >= 4 is 11.4 Å². The number of methoxy groups -OCH3 is 1. The molecule has 0 amide bonds. The van der Waals surface area contributed by atoms with Gasteiger partial charge in [-0.1, -0.05) is 6.07 Å². The first-order valence-corrected chi connectivity index (χ1v) is 5.98. The van der Waals surface area contributed by atoms with Gasteiger partial charge in [-0.15, -0.1) is 0 Å². The lowest BCUT2D eigenvalue weighted by Gasteiger charge is -2.14. The average Bonchev–Trinajstić information content (AvgIpc) is 2.38. The molecule has 100 valence electrons. The van der Waals surface area contributed by atoms with Gasteiger partial charge in [-0.2, -0.15) is 0 Å². The van der Waals surface area contributed by atoms with E-state index in [2.05, 4.69) is 0 Å². The number of ether oxygens (including phenoxy) is 2. The molecule has 0 aliphatic heterocycles. The molecule has 2 N–H and O–H groups in total. The summed E-state index contributed by atoms with van der Waals surface area (Å²) in [7, 11) is 5.58. The number of hydrogen-bond acceptors (Lipinski definition) is 4. The molecule has 2 rings (SSSR count). The largest absolute Gasteiger partial charge is 0.497 e. The predicted octanol–water partition coefficient (Wildman–Crippen LogP) is 3.14. The maximum Gasteiger partial charge on any atom is 0.133 e. The fraction of sp³-hybridized carbons (Fsp3) is 0.200. The summed E-state index contributed by atoms with van der Waals surface area (Å²) in [6.07, 6.45) is 0. The van der Waals surface area contributed by atoms with E-state index in [0.717, 1.165) is 11.4 Å². The third-order valence-corrected chi connectivity index (χ3v) is 2.71. The Morgan fingerprint density at radius 3 is 2.37 bits per heavy atom. The van der Waals surface area contributed by atoms with Crippen LogP contribution in [0.15, 0.2) is 42.5 Å². The van der Waals surface area contributed by atoms with E-state index in [4.69, 9.17) is 15.2 Å². The number of nitrogens with two attached hydrogens (primary N) is 1. The lowest BCUT2D eigenvalue weighted by Crippen LogP contribution is -2.08. The minimum atomic E-state index is 0.609. The molecule has 0 saturated heterocycles. The predicted molar refractivity (Wildman–Crippen MR) is 78.2 cm³/mol. The van der Waals surface area contributed by atoms with Crippen molar-refractivity contribution in [2.75, 3.05) is 31.8 Å². The molecule has 4 nitrogen and oxygen atoms in total. The van der Waals surface area contributed by atoms with Crippen molar-refractivity contribution in [1.29, 1.82) is 0 Å². The van der Waals surface area contributed by atoms with Crippen LogP contribution in [0.5, 0.6) is 17.2 Å². The first-order valence-electron chi connectivity index (χ1n) is 5.98. The van der Waals surface area contributed by atoms with Crippen molar-refractivity contribution in [3.63, 3.8) is 0 Å². The van der Waals surface area contributed by atoms with Gasteiger partial charge < -0.3 is 20.1 Å². The molecule has 2 aromatic rings. The number of nitrogens with zero attached hydrogens (tertiary/aromatic N) is 1. The molecule has 0 saturated carbocycles. The average molecular weight is 258 g/mol. The van der Waals surface area contributed by atoms with Gasteiger partial charge in [-0.3, -0.25) is 0 Å². The number of rotatable bonds is 4. The van der Waals surface area contributed by atoms with Crippen LogP contribution in [0, 0.1) is 0 Å². The van der Waals surface area contributed by atoms with Crippen molar-refractivity contribution in [1.82, 2.24) is 0 Å². The Hall–Kier alpha value is -2.36. The van der Waals surface area contributed by atoms with Crippen LogP contribution in [0.25, 0.3) is 0 Å². The van der Waals surface area contributed by atoms with E-state index in [0.29, 0.717) is 17.2 Å². The highest BCUT2D eigenvalue weighted by atomic mass is 16.5. The molecule has 0 atom stereocenters. The fourth-order valence-electron chi connectivity index (χ4n) is 1.73. The zero-order valence-corrected chi connectivity index (χ0v) is 11.4. The first-order chi connectivity index (χ1) is 9.08. The van der Waals surface area contributed by atoms with E-state index in [1.54, 1.807) is 25.3 Å². The Labute approximate surface area is 113 Å². The van der Waals surface area contributed by atoms with Gasteiger partial charge in [-0.05, 0) is 12.1 Å². The van der Waals surface area contributed by atoms with Crippen LogP contribution in [0.1, 0.15) is 0 Å². The fourth-order valence-corrected chi connectivity index (χ4v) is 1.73. The van der Waals surface area contributed by atoms with Gasteiger partial charge in [0.25, 0.3) is 0 Å². The van der Waals surface area contributed by atoms with Gasteiger partial charge in [-0.25, -0.2) is 0 Å². The summed E-state index contributed by atoms with van der Waals surface area (Å²) in [4.78, 5) is 2.02. The summed E-state index contributed by atoms with van der Waals surface area (Å²) in [5, 5.41) is 0. The third kappa shape index (κ3) is 3.31. The molecule has 0 aliphatic rings. The Bertz CT molecular complexity index is 568. The van der Waals surface area contributed by atoms with Crippen LogP contribution in [0.2, 0.25) is 0 Å². The highest BCUT2D eigenvalue weighted by Gasteiger charge is 2.03. The molecular weight excluding hydrogens is 240 g/mol. The van der Waals surface area contributed by atoms with Crippen molar-refractivity contribution in [2.24, 2.45) is 0 Å². The molecule has 0 bridgehead atoms. The molecule has 0 heterocycles. The molecular formula is C15H18N2O2. The van der Waals surface area contributed by atoms with Gasteiger partial charge in [0, 0.05) is 49.7 Å². The van der Waals surface area contributed by atoms with Crippen molar-refractivity contribution in [3.05, 3.63) is 42.5 Å². The lowest BCUT2D eigenvalue weighted by atomic mass is 10.2. The lowest BCUT2D eigenvalue weighted by molar-refractivity contribution is 0.409. The molecule has 4 heteroatoms. The standard InChI is InChI=1S/C15H18N2O2/c1-17(2)12-5-4-6-13(9-12)19-15-8-11(16)7-14(10-15)18-3/h4-10H,16H2,1-3H3. The highest BCUT2D eigenvalue weighted by molar-refractivity contribution is 5.53. The zero-order valence-electron chi connectivity index (χ0n) is 11.4. The van der Waals surface area contributed by atoms with Gasteiger partial charge in [0.2, 0.25) is 0 Å². The summed E-state index contributed by atoms with van der Waals surface area (Å²) in [5.41, 5.74) is 7.49. The van der Waals surface area contributed by atoms with Crippen molar-refractivity contribution in [2.45, 2.75) is 0 Å². The first kappa shape index (κ1) is 13.1. The Kier molecular flexibility index (Phi) is 3.80. The zero-order chi connectivity index (χ0) is 13.8. The summed E-state index contributed by atoms with van der Waals surface area (Å²) in [6, 6.07) is 13.2. The van der Waals surface area contributed by atoms with Gasteiger partial charge in [0.05, 0.1) is 7.11 Å². The van der Waals surface area contributed by atoms with Crippen LogP contribution in [-0.4, -0.2) is 21.2 Å². The minimum absolute atomic E-state index is 0.609. The van der Waals surface area contributed by atoms with Crippen LogP contribution in [0.3, 0.4) is 0 Å². The van der Waals surface area contributed by atoms with Gasteiger partial charge in [0.15, 0.2) is 0 Å². The van der Waals surface area contributed by atoms with Crippen LogP contribution in [0.4, 0.5) is 11.4 Å². The molecule has 0 unspecified atom stereocenters. The second-order valence-electron chi connectivity index (χ2n) is 4.44. The van der Waals surface area contributed by atoms with E-state index in [1.807, 2.05) is 43.3 Å². The maximum absolute atomic E-state index is 5.81. The molecule has 0 radical (unpaired) electrons. The van der Waals surface area contributed by atoms with E-state index < -0.39 is 0 Å². The number of nitrogen functional groups attached to an aromatic ring is 1. The quantitative estimate of drug-likeness (QED) is 0.856. The smallest absolute Gasteiger partial charge is 0.133 e. The molecule has 0 aromatic heterocycles. The highest BCUT2D eigenvalue weighted by Crippen LogP contribution is 2.29. The molecule has 2 aromatic carbocycles. The van der Waals surface area contributed by atoms with Crippen molar-refractivity contribution < 1.29 is 9.47 Å². The maximum atomic E-state index is 5.81. The van der Waals surface area contributed by atoms with E-state index >= 15 is 0 Å². The molecule has 19 heavy (non-hydrogen) atoms. The van der Waals surface area contributed by atoms with E-state index in [-0.39, 0.29) is 0 Å². The summed E-state index contributed by atoms with van der Waals surface area (Å²) in [6.45, 7) is 0. The topological polar surface area (TPSA) is 47.7 Å². The molecule has 0 aliphatic carbocycles. The normalized spacial score (nSPS) is 10.1. The number of anilines is 2. The molecule has 0 spiro atoms. The number of benzene rings is 2. The summed E-state index contributed by atoms with van der Waals surface area (Å²) < 4.78 is 11.0. The van der Waals surface area contributed by atoms with Gasteiger partial charge >= 0.3 is 0 Å². The third-order valence-electron chi connectivity index (χ3n) is 2.71. The monoisotopic (exact) mass is 258 g/mol. The van der Waals surface area contributed by atoms with E-state index in [9.17, 15) is 0 Å². The Morgan fingerprint density at radius 1 is 0.947 bits per heavy atom. The van der Waals surface area contributed by atoms with Crippen LogP contribution < -0.4 is 20.1 Å². The summed E-state index contributed by atoms with van der Waals surface area (Å²) >= 11 is 0. The Morgan fingerprint density at radius 2 is 1.68 bits per heavy atom. The second-order valence-corrected chi connectivity index (χ2v) is 4.44.